The maximum atomic E-state index is 11.8. The summed E-state index contributed by atoms with van der Waals surface area (Å²) < 4.78 is 5.04. The first-order chi connectivity index (χ1) is 7.79. The molecule has 0 aliphatic carbocycles. The van der Waals surface area contributed by atoms with Crippen molar-refractivity contribution >= 4 is 5.91 Å². The Balaban J connectivity index is 1.97. The first-order valence-electron chi connectivity index (χ1n) is 5.38. The van der Waals surface area contributed by atoms with Gasteiger partial charge in [-0.15, -0.1) is 0 Å². The Bertz CT molecular complexity index is 356. The van der Waals surface area contributed by atoms with Crippen molar-refractivity contribution in [2.45, 2.75) is 12.5 Å². The van der Waals surface area contributed by atoms with Gasteiger partial charge in [-0.1, -0.05) is 0 Å². The maximum Gasteiger partial charge on any atom is 0.251 e. The van der Waals surface area contributed by atoms with Gasteiger partial charge in [0.1, 0.15) is 5.75 Å². The minimum Gasteiger partial charge on any atom is -0.497 e. The van der Waals surface area contributed by atoms with Gasteiger partial charge in [-0.2, -0.15) is 0 Å². The van der Waals surface area contributed by atoms with E-state index >= 15 is 0 Å². The number of nitrogens with one attached hydrogen (secondary N) is 1. The van der Waals surface area contributed by atoms with Gasteiger partial charge >= 0.3 is 0 Å². The largest absolute Gasteiger partial charge is 0.497 e. The molecular weight excluding hydrogens is 204 g/mol. The van der Waals surface area contributed by atoms with Crippen LogP contribution in [0, 0.1) is 0 Å². The van der Waals surface area contributed by atoms with Crippen LogP contribution in [-0.4, -0.2) is 32.1 Å². The molecule has 1 heterocycles. The number of hydrogen-bond donors (Lipinski definition) is 1. The third-order valence-corrected chi connectivity index (χ3v) is 2.67. The number of amides is 1. The van der Waals surface area contributed by atoms with E-state index in [2.05, 4.69) is 10.6 Å². The fourth-order valence-corrected chi connectivity index (χ4v) is 1.71. The molecule has 2 rings (SSSR count). The standard InChI is InChI=1S/C12H15N2O2/c1-16-11-4-2-9(3-5-11)12(15)14-10-6-7-13-8-10/h2-5,10H,6-8H2,1H3,(H,14,15)/t10-/m0/s1. The summed E-state index contributed by atoms with van der Waals surface area (Å²) in [7, 11) is 1.61. The van der Waals surface area contributed by atoms with Gasteiger partial charge in [0.25, 0.3) is 5.91 Å². The third kappa shape index (κ3) is 2.52. The molecular formula is C12H15N2O2. The zero-order valence-corrected chi connectivity index (χ0v) is 9.27. The van der Waals surface area contributed by atoms with Crippen LogP contribution < -0.4 is 15.4 Å². The van der Waals surface area contributed by atoms with E-state index in [0.717, 1.165) is 25.3 Å². The summed E-state index contributed by atoms with van der Waals surface area (Å²) in [6.45, 7) is 1.59. The first kappa shape index (κ1) is 11.0. The monoisotopic (exact) mass is 219 g/mol. The number of benzene rings is 1. The molecule has 1 atom stereocenters. The summed E-state index contributed by atoms with van der Waals surface area (Å²) in [5, 5.41) is 7.16. The third-order valence-electron chi connectivity index (χ3n) is 2.67. The van der Waals surface area contributed by atoms with Crippen molar-refractivity contribution in [1.29, 1.82) is 0 Å². The SMILES string of the molecule is COc1ccc(C(=O)N[C@H]2CC[N]C2)cc1. The average Bonchev–Trinajstić information content (AvgIpc) is 2.82. The summed E-state index contributed by atoms with van der Waals surface area (Å²) in [4.78, 5) is 11.8. The van der Waals surface area contributed by atoms with Gasteiger partial charge in [0.2, 0.25) is 0 Å². The Morgan fingerprint density at radius 3 is 2.75 bits per heavy atom. The van der Waals surface area contributed by atoms with Gasteiger partial charge in [0.15, 0.2) is 0 Å². The Hall–Kier alpha value is -1.55. The summed E-state index contributed by atoms with van der Waals surface area (Å²) in [6.07, 6.45) is 0.946. The summed E-state index contributed by atoms with van der Waals surface area (Å²) >= 11 is 0. The van der Waals surface area contributed by atoms with Crippen molar-refractivity contribution in [3.63, 3.8) is 0 Å². The molecule has 4 nitrogen and oxygen atoms in total. The van der Waals surface area contributed by atoms with E-state index in [0.29, 0.717) is 5.56 Å². The fraction of sp³-hybridized carbons (Fsp3) is 0.417. The molecule has 0 aromatic heterocycles. The van der Waals surface area contributed by atoms with Crippen molar-refractivity contribution in [3.05, 3.63) is 29.8 Å². The lowest BCUT2D eigenvalue weighted by atomic mass is 10.2. The Morgan fingerprint density at radius 2 is 2.19 bits per heavy atom. The topological polar surface area (TPSA) is 52.4 Å². The van der Waals surface area contributed by atoms with Crippen LogP contribution in [0.2, 0.25) is 0 Å². The van der Waals surface area contributed by atoms with Crippen LogP contribution in [0.3, 0.4) is 0 Å². The highest BCUT2D eigenvalue weighted by atomic mass is 16.5. The predicted molar refractivity (Wildman–Crippen MR) is 60.7 cm³/mol. The lowest BCUT2D eigenvalue weighted by molar-refractivity contribution is 0.0940. The minimum atomic E-state index is -0.0373. The summed E-state index contributed by atoms with van der Waals surface area (Å²) in [6, 6.07) is 7.30. The van der Waals surface area contributed by atoms with Gasteiger partial charge in [-0.05, 0) is 30.7 Å². The maximum absolute atomic E-state index is 11.8. The van der Waals surface area contributed by atoms with Gasteiger partial charge in [0.05, 0.1) is 7.11 Å². The number of carbonyl (C=O) groups is 1. The van der Waals surface area contributed by atoms with Crippen LogP contribution in [0.15, 0.2) is 24.3 Å². The smallest absolute Gasteiger partial charge is 0.251 e. The first-order valence-corrected chi connectivity index (χ1v) is 5.38. The fourth-order valence-electron chi connectivity index (χ4n) is 1.71. The molecule has 1 aromatic carbocycles. The number of rotatable bonds is 3. The predicted octanol–water partition coefficient (Wildman–Crippen LogP) is 0.802. The zero-order valence-electron chi connectivity index (χ0n) is 9.27. The number of carbonyl (C=O) groups excluding carboxylic acids is 1. The summed E-state index contributed by atoms with van der Waals surface area (Å²) in [5.41, 5.74) is 0.660. The number of methoxy groups -OCH3 is 1. The van der Waals surface area contributed by atoms with Crippen LogP contribution in [-0.2, 0) is 0 Å². The molecule has 4 heteroatoms. The molecule has 1 aliphatic heterocycles. The van der Waals surface area contributed by atoms with E-state index in [9.17, 15) is 4.79 Å². The van der Waals surface area contributed by atoms with Crippen molar-refractivity contribution in [2.75, 3.05) is 20.2 Å². The van der Waals surface area contributed by atoms with Crippen molar-refractivity contribution in [2.24, 2.45) is 0 Å². The van der Waals surface area contributed by atoms with Crippen LogP contribution in [0.1, 0.15) is 16.8 Å². The highest BCUT2D eigenvalue weighted by molar-refractivity contribution is 5.94. The quantitative estimate of drug-likeness (QED) is 0.817. The average molecular weight is 219 g/mol. The van der Waals surface area contributed by atoms with E-state index in [1.54, 1.807) is 31.4 Å². The molecule has 0 unspecified atom stereocenters. The van der Waals surface area contributed by atoms with E-state index < -0.39 is 0 Å². The highest BCUT2D eigenvalue weighted by Gasteiger charge is 2.18. The van der Waals surface area contributed by atoms with E-state index in [-0.39, 0.29) is 11.9 Å². The summed E-state index contributed by atoms with van der Waals surface area (Å²) in [5.74, 6) is 0.720. The molecule has 0 bridgehead atoms. The van der Waals surface area contributed by atoms with Crippen molar-refractivity contribution in [1.82, 2.24) is 10.6 Å². The number of ether oxygens (including phenoxy) is 1. The molecule has 0 spiro atoms. The Labute approximate surface area is 95.0 Å². The number of nitrogens with zero attached hydrogens (tertiary/aromatic N) is 1. The molecule has 1 N–H and O–H groups in total. The van der Waals surface area contributed by atoms with E-state index in [1.165, 1.54) is 0 Å². The Morgan fingerprint density at radius 1 is 1.44 bits per heavy atom. The van der Waals surface area contributed by atoms with E-state index in [4.69, 9.17) is 4.74 Å². The number of hydrogen-bond acceptors (Lipinski definition) is 2. The van der Waals surface area contributed by atoms with Gasteiger partial charge in [0, 0.05) is 24.7 Å². The second-order valence-corrected chi connectivity index (χ2v) is 3.82. The lowest BCUT2D eigenvalue weighted by Gasteiger charge is -2.11. The molecule has 0 saturated carbocycles. The molecule has 1 aliphatic rings. The van der Waals surface area contributed by atoms with Crippen LogP contribution >= 0.6 is 0 Å². The lowest BCUT2D eigenvalue weighted by Crippen LogP contribution is -2.35. The molecule has 1 fully saturated rings. The minimum absolute atomic E-state index is 0.0373. The van der Waals surface area contributed by atoms with Gasteiger partial charge < -0.3 is 10.1 Å². The van der Waals surface area contributed by atoms with Crippen molar-refractivity contribution in [3.8, 4) is 5.75 Å². The zero-order chi connectivity index (χ0) is 11.4. The van der Waals surface area contributed by atoms with Crippen LogP contribution in [0.25, 0.3) is 0 Å². The van der Waals surface area contributed by atoms with E-state index in [1.807, 2.05) is 0 Å². The van der Waals surface area contributed by atoms with Gasteiger partial charge in [-0.3, -0.25) is 4.79 Å². The Kier molecular flexibility index (Phi) is 3.41. The molecule has 85 valence electrons. The highest BCUT2D eigenvalue weighted by Crippen LogP contribution is 2.11. The van der Waals surface area contributed by atoms with Crippen molar-refractivity contribution < 1.29 is 9.53 Å². The molecule has 1 radical (unpaired) electrons. The molecule has 1 saturated heterocycles. The van der Waals surface area contributed by atoms with Crippen LogP contribution in [0.4, 0.5) is 0 Å². The van der Waals surface area contributed by atoms with Gasteiger partial charge in [-0.25, -0.2) is 5.32 Å². The van der Waals surface area contributed by atoms with Crippen LogP contribution in [0.5, 0.6) is 5.75 Å². The molecule has 16 heavy (non-hydrogen) atoms. The molecule has 1 aromatic rings. The second kappa shape index (κ2) is 4.99. The normalized spacial score (nSPS) is 19.4. The second-order valence-electron chi connectivity index (χ2n) is 3.82. The molecule has 1 amide bonds.